The van der Waals surface area contributed by atoms with Crippen molar-refractivity contribution in [2.45, 2.75) is 53.4 Å². The minimum atomic E-state index is 0.279. The zero-order valence-electron chi connectivity index (χ0n) is 15.8. The summed E-state index contributed by atoms with van der Waals surface area (Å²) in [6.07, 6.45) is 4.09. The monoisotopic (exact) mass is 338 g/mol. The highest BCUT2D eigenvalue weighted by atomic mass is 16.2. The molecule has 0 aliphatic carbocycles. The summed E-state index contributed by atoms with van der Waals surface area (Å²) in [7, 11) is 0. The fraction of sp³-hybridized carbons (Fsp3) is 0.824. The number of nitrogens with one attached hydrogen (secondary N) is 1. The first-order valence-electron chi connectivity index (χ1n) is 9.30. The van der Waals surface area contributed by atoms with Crippen LogP contribution in [0.25, 0.3) is 0 Å². The van der Waals surface area contributed by atoms with E-state index in [9.17, 15) is 0 Å². The normalized spacial score (nSPS) is 10.7. The van der Waals surface area contributed by atoms with Crippen LogP contribution in [0.1, 0.15) is 53.4 Å². The largest absolute Gasteiger partial charge is 0.396 e. The summed E-state index contributed by atoms with van der Waals surface area (Å²) >= 11 is 0. The Kier molecular flexibility index (Phi) is 10.1. The molecule has 1 aromatic rings. The van der Waals surface area contributed by atoms with E-state index < -0.39 is 0 Å². The predicted octanol–water partition coefficient (Wildman–Crippen LogP) is 2.53. The van der Waals surface area contributed by atoms with Crippen molar-refractivity contribution in [2.75, 3.05) is 54.4 Å². The quantitative estimate of drug-likeness (QED) is 0.535. The lowest BCUT2D eigenvalue weighted by Gasteiger charge is -2.23. The van der Waals surface area contributed by atoms with Crippen LogP contribution >= 0.6 is 0 Å². The molecule has 24 heavy (non-hydrogen) atoms. The van der Waals surface area contributed by atoms with Gasteiger partial charge in [-0.2, -0.15) is 15.0 Å². The molecule has 1 aromatic heterocycles. The van der Waals surface area contributed by atoms with Gasteiger partial charge in [0.25, 0.3) is 0 Å². The minimum Gasteiger partial charge on any atom is -0.396 e. The molecule has 1 heterocycles. The smallest absolute Gasteiger partial charge is 0.231 e. The molecule has 0 spiro atoms. The van der Waals surface area contributed by atoms with Crippen LogP contribution in [0.4, 0.5) is 17.8 Å². The maximum atomic E-state index is 8.81. The number of aliphatic hydroxyl groups excluding tert-OH is 1. The number of aliphatic hydroxyl groups is 1. The first-order valence-corrected chi connectivity index (χ1v) is 9.30. The van der Waals surface area contributed by atoms with Gasteiger partial charge in [-0.25, -0.2) is 0 Å². The number of unbranched alkanes of at least 4 members (excludes halogenated alkanes) is 3. The van der Waals surface area contributed by atoms with Gasteiger partial charge in [0.2, 0.25) is 17.8 Å². The van der Waals surface area contributed by atoms with Crippen LogP contribution in [-0.2, 0) is 0 Å². The number of aromatic nitrogens is 3. The van der Waals surface area contributed by atoms with E-state index in [1.54, 1.807) is 0 Å². The molecule has 0 amide bonds. The molecule has 0 aliphatic heterocycles. The van der Waals surface area contributed by atoms with Crippen molar-refractivity contribution in [1.82, 2.24) is 15.0 Å². The van der Waals surface area contributed by atoms with Crippen molar-refractivity contribution in [3.63, 3.8) is 0 Å². The van der Waals surface area contributed by atoms with Crippen LogP contribution in [0.2, 0.25) is 0 Å². The molecule has 0 fully saturated rings. The summed E-state index contributed by atoms with van der Waals surface area (Å²) in [5, 5.41) is 12.1. The van der Waals surface area contributed by atoms with Crippen molar-refractivity contribution >= 4 is 17.8 Å². The average Bonchev–Trinajstić information content (AvgIpc) is 2.60. The van der Waals surface area contributed by atoms with E-state index in [-0.39, 0.29) is 6.61 Å². The molecule has 0 aliphatic rings. The molecule has 0 radical (unpaired) electrons. The number of hydrogen-bond acceptors (Lipinski definition) is 7. The molecule has 0 atom stereocenters. The van der Waals surface area contributed by atoms with Crippen LogP contribution in [0.3, 0.4) is 0 Å². The second kappa shape index (κ2) is 11.8. The van der Waals surface area contributed by atoms with Crippen LogP contribution in [0, 0.1) is 0 Å². The van der Waals surface area contributed by atoms with Crippen molar-refractivity contribution in [2.24, 2.45) is 0 Å². The molecule has 138 valence electrons. The minimum absolute atomic E-state index is 0.279. The van der Waals surface area contributed by atoms with Gasteiger partial charge in [-0.1, -0.05) is 12.8 Å². The Labute approximate surface area is 146 Å². The molecule has 2 N–H and O–H groups in total. The molecule has 7 heteroatoms. The molecular weight excluding hydrogens is 304 g/mol. The van der Waals surface area contributed by atoms with Gasteiger partial charge >= 0.3 is 0 Å². The van der Waals surface area contributed by atoms with E-state index in [2.05, 4.69) is 57.8 Å². The maximum Gasteiger partial charge on any atom is 0.231 e. The van der Waals surface area contributed by atoms with Gasteiger partial charge in [0, 0.05) is 39.3 Å². The van der Waals surface area contributed by atoms with E-state index in [1.165, 1.54) is 0 Å². The summed E-state index contributed by atoms with van der Waals surface area (Å²) in [5.74, 6) is 2.12. The zero-order chi connectivity index (χ0) is 17.8. The highest BCUT2D eigenvalue weighted by Gasteiger charge is 2.14. The molecule has 7 nitrogen and oxygen atoms in total. The van der Waals surface area contributed by atoms with E-state index in [4.69, 9.17) is 5.11 Å². The van der Waals surface area contributed by atoms with Crippen molar-refractivity contribution < 1.29 is 5.11 Å². The Morgan fingerprint density at radius 2 is 1.25 bits per heavy atom. The third-order valence-corrected chi connectivity index (χ3v) is 4.07. The van der Waals surface area contributed by atoms with Crippen molar-refractivity contribution in [3.05, 3.63) is 0 Å². The van der Waals surface area contributed by atoms with E-state index in [0.717, 1.165) is 70.3 Å². The lowest BCUT2D eigenvalue weighted by molar-refractivity contribution is 0.283. The standard InChI is InChI=1S/C17H34N6O/c1-5-22(6-2)16-19-15(18-13-11-9-10-12-14-24)20-17(21-16)23(7-3)8-4/h24H,5-14H2,1-4H3,(H,18,19,20,21). The second-order valence-electron chi connectivity index (χ2n) is 5.67. The maximum absolute atomic E-state index is 8.81. The van der Waals surface area contributed by atoms with Gasteiger partial charge in [-0.15, -0.1) is 0 Å². The van der Waals surface area contributed by atoms with Gasteiger partial charge in [0.1, 0.15) is 0 Å². The number of nitrogens with zero attached hydrogens (tertiary/aromatic N) is 5. The van der Waals surface area contributed by atoms with E-state index >= 15 is 0 Å². The topological polar surface area (TPSA) is 77.4 Å². The highest BCUT2D eigenvalue weighted by molar-refractivity contribution is 5.45. The second-order valence-corrected chi connectivity index (χ2v) is 5.67. The van der Waals surface area contributed by atoms with E-state index in [1.807, 2.05) is 0 Å². The Morgan fingerprint density at radius 1 is 0.750 bits per heavy atom. The van der Waals surface area contributed by atoms with E-state index in [0.29, 0.717) is 5.95 Å². The molecule has 1 rings (SSSR count). The summed E-state index contributed by atoms with van der Waals surface area (Å²) in [5.41, 5.74) is 0. The lowest BCUT2D eigenvalue weighted by atomic mass is 10.2. The fourth-order valence-electron chi connectivity index (χ4n) is 2.52. The summed E-state index contributed by atoms with van der Waals surface area (Å²) in [6.45, 7) is 13.1. The Morgan fingerprint density at radius 3 is 1.71 bits per heavy atom. The fourth-order valence-corrected chi connectivity index (χ4v) is 2.52. The van der Waals surface area contributed by atoms with Crippen molar-refractivity contribution in [3.8, 4) is 0 Å². The molecule has 0 saturated carbocycles. The molecule has 0 aromatic carbocycles. The summed E-state index contributed by atoms with van der Waals surface area (Å²) < 4.78 is 0. The highest BCUT2D eigenvalue weighted by Crippen LogP contribution is 2.16. The predicted molar refractivity (Wildman–Crippen MR) is 101 cm³/mol. The first kappa shape index (κ1) is 20.4. The Hall–Kier alpha value is -1.63. The summed E-state index contributed by atoms with van der Waals surface area (Å²) in [6, 6.07) is 0. The van der Waals surface area contributed by atoms with Crippen LogP contribution in [0.5, 0.6) is 0 Å². The Balaban J connectivity index is 2.81. The average molecular weight is 339 g/mol. The lowest BCUT2D eigenvalue weighted by Crippen LogP contribution is -2.29. The third kappa shape index (κ3) is 6.47. The van der Waals surface area contributed by atoms with Gasteiger partial charge in [-0.05, 0) is 40.5 Å². The molecular formula is C17H34N6O. The first-order chi connectivity index (χ1) is 11.7. The zero-order valence-corrected chi connectivity index (χ0v) is 15.8. The van der Waals surface area contributed by atoms with Gasteiger partial charge in [0.15, 0.2) is 0 Å². The molecule has 0 saturated heterocycles. The SMILES string of the molecule is CCN(CC)c1nc(NCCCCCCO)nc(N(CC)CC)n1. The van der Waals surface area contributed by atoms with Gasteiger partial charge in [0.05, 0.1) is 0 Å². The van der Waals surface area contributed by atoms with Crippen LogP contribution < -0.4 is 15.1 Å². The number of hydrogen-bond donors (Lipinski definition) is 2. The van der Waals surface area contributed by atoms with Crippen LogP contribution in [-0.4, -0.2) is 59.4 Å². The third-order valence-electron chi connectivity index (χ3n) is 4.07. The van der Waals surface area contributed by atoms with Crippen LogP contribution in [0.15, 0.2) is 0 Å². The number of anilines is 3. The number of rotatable bonds is 13. The Bertz CT molecular complexity index is 418. The molecule has 0 bridgehead atoms. The van der Waals surface area contributed by atoms with Crippen molar-refractivity contribution in [1.29, 1.82) is 0 Å². The van der Waals surface area contributed by atoms with Gasteiger partial charge < -0.3 is 20.2 Å². The summed E-state index contributed by atoms with van der Waals surface area (Å²) in [4.78, 5) is 18.1. The molecule has 0 unspecified atom stereocenters. The van der Waals surface area contributed by atoms with Gasteiger partial charge in [-0.3, -0.25) is 0 Å².